The van der Waals surface area contributed by atoms with Gasteiger partial charge < -0.3 is 10.1 Å². The number of nitrogens with zero attached hydrogens (tertiary/aromatic N) is 1. The summed E-state index contributed by atoms with van der Waals surface area (Å²) in [6.45, 7) is 1.50. The minimum absolute atomic E-state index is 0.0198. The molecule has 0 aliphatic heterocycles. The van der Waals surface area contributed by atoms with E-state index < -0.39 is 18.0 Å². The second-order valence-electron chi connectivity index (χ2n) is 3.77. The topological polar surface area (TPSA) is 64.4 Å². The Bertz CT molecular complexity index is 458. The Hall–Kier alpha value is -1.28. The zero-order chi connectivity index (χ0) is 14.4. The molecule has 1 N–H and O–H groups in total. The molecule has 0 fully saturated rings. The van der Waals surface area contributed by atoms with Crippen LogP contribution in [-0.2, 0) is 4.74 Å². The van der Waals surface area contributed by atoms with Crippen LogP contribution in [0.15, 0.2) is 16.6 Å². The highest BCUT2D eigenvalue weighted by Crippen LogP contribution is 2.30. The Morgan fingerprint density at radius 1 is 1.53 bits per heavy atom. The maximum atomic E-state index is 11.8. The van der Waals surface area contributed by atoms with Crippen molar-refractivity contribution >= 4 is 27.3 Å². The summed E-state index contributed by atoms with van der Waals surface area (Å²) >= 11 is 3.21. The van der Waals surface area contributed by atoms with Gasteiger partial charge in [-0.2, -0.15) is 0 Å². The molecule has 0 saturated carbocycles. The van der Waals surface area contributed by atoms with Gasteiger partial charge in [0, 0.05) is 28.3 Å². The van der Waals surface area contributed by atoms with Crippen LogP contribution in [0.2, 0.25) is 0 Å². The molecule has 0 aromatic heterocycles. The average Bonchev–Trinajstić information content (AvgIpc) is 2.31. The maximum Gasteiger partial charge on any atom is 0.273 e. The first-order valence-corrected chi connectivity index (χ1v) is 6.25. The lowest BCUT2D eigenvalue weighted by molar-refractivity contribution is -0.385. The average molecular weight is 339 g/mol. The summed E-state index contributed by atoms with van der Waals surface area (Å²) in [4.78, 5) is 10.3. The molecular formula is C11H13BrF2N2O3. The molecule has 0 saturated heterocycles. The van der Waals surface area contributed by atoms with Crippen molar-refractivity contribution in [3.8, 4) is 0 Å². The predicted octanol–water partition coefficient (Wildman–Crippen LogP) is 3.36. The zero-order valence-corrected chi connectivity index (χ0v) is 11.7. The summed E-state index contributed by atoms with van der Waals surface area (Å²) in [7, 11) is 0. The Balaban J connectivity index is 2.55. The van der Waals surface area contributed by atoms with Crippen molar-refractivity contribution in [1.82, 2.24) is 0 Å². The summed E-state index contributed by atoms with van der Waals surface area (Å²) in [6, 6.07) is 3.02. The summed E-state index contributed by atoms with van der Waals surface area (Å²) < 4.78 is 28.9. The fraction of sp³-hybridized carbons (Fsp3) is 0.455. The van der Waals surface area contributed by atoms with Crippen LogP contribution < -0.4 is 5.32 Å². The van der Waals surface area contributed by atoms with Gasteiger partial charge in [0.1, 0.15) is 6.61 Å². The van der Waals surface area contributed by atoms with Crippen LogP contribution in [0.1, 0.15) is 5.56 Å². The number of benzene rings is 1. The highest BCUT2D eigenvalue weighted by molar-refractivity contribution is 9.10. The van der Waals surface area contributed by atoms with Crippen molar-refractivity contribution in [1.29, 1.82) is 0 Å². The van der Waals surface area contributed by atoms with E-state index in [0.717, 1.165) is 0 Å². The first-order valence-electron chi connectivity index (χ1n) is 5.46. The van der Waals surface area contributed by atoms with Gasteiger partial charge in [-0.3, -0.25) is 10.1 Å². The normalized spacial score (nSPS) is 10.8. The highest BCUT2D eigenvalue weighted by atomic mass is 79.9. The van der Waals surface area contributed by atoms with Crippen LogP contribution in [-0.4, -0.2) is 31.1 Å². The highest BCUT2D eigenvalue weighted by Gasteiger charge is 2.13. The number of halogens is 3. The van der Waals surface area contributed by atoms with Crippen LogP contribution >= 0.6 is 15.9 Å². The Morgan fingerprint density at radius 3 is 2.79 bits per heavy atom. The number of aryl methyl sites for hydroxylation is 1. The molecule has 0 atom stereocenters. The van der Waals surface area contributed by atoms with E-state index in [4.69, 9.17) is 4.74 Å². The molecule has 0 unspecified atom stereocenters. The molecule has 0 aliphatic rings. The van der Waals surface area contributed by atoms with E-state index in [1.807, 2.05) is 0 Å². The van der Waals surface area contributed by atoms with Gasteiger partial charge >= 0.3 is 0 Å². The van der Waals surface area contributed by atoms with Gasteiger partial charge in [0.15, 0.2) is 0 Å². The van der Waals surface area contributed by atoms with Crippen molar-refractivity contribution in [2.24, 2.45) is 0 Å². The number of ether oxygens (including phenoxy) is 1. The fourth-order valence-electron chi connectivity index (χ4n) is 1.43. The number of nitrogens with one attached hydrogen (secondary N) is 1. The largest absolute Gasteiger partial charge is 0.382 e. The van der Waals surface area contributed by atoms with Gasteiger partial charge in [0.25, 0.3) is 12.1 Å². The molecule has 1 rings (SSSR count). The third kappa shape index (κ3) is 5.07. The van der Waals surface area contributed by atoms with E-state index in [9.17, 15) is 18.9 Å². The lowest BCUT2D eigenvalue weighted by atomic mass is 10.2. The van der Waals surface area contributed by atoms with E-state index in [1.54, 1.807) is 13.0 Å². The molecule has 0 aliphatic carbocycles. The van der Waals surface area contributed by atoms with Gasteiger partial charge in [0.2, 0.25) is 0 Å². The molecule has 8 heteroatoms. The molecule has 0 heterocycles. The van der Waals surface area contributed by atoms with Crippen molar-refractivity contribution in [2.45, 2.75) is 13.3 Å². The molecule has 0 bridgehead atoms. The number of anilines is 1. The van der Waals surface area contributed by atoms with E-state index in [1.165, 1.54) is 6.07 Å². The van der Waals surface area contributed by atoms with Gasteiger partial charge in [-0.15, -0.1) is 0 Å². The smallest absolute Gasteiger partial charge is 0.273 e. The number of hydrogen-bond acceptors (Lipinski definition) is 4. The summed E-state index contributed by atoms with van der Waals surface area (Å²) in [6.07, 6.45) is -2.48. The van der Waals surface area contributed by atoms with Crippen LogP contribution in [0.3, 0.4) is 0 Å². The predicted molar refractivity (Wildman–Crippen MR) is 70.8 cm³/mol. The minimum atomic E-state index is -2.48. The van der Waals surface area contributed by atoms with Crippen LogP contribution in [0, 0.1) is 17.0 Å². The Labute approximate surface area is 117 Å². The monoisotopic (exact) mass is 338 g/mol. The number of rotatable bonds is 7. The van der Waals surface area contributed by atoms with Gasteiger partial charge in [0.05, 0.1) is 11.5 Å². The molecule has 1 aromatic carbocycles. The molecule has 106 valence electrons. The molecule has 0 spiro atoms. The van der Waals surface area contributed by atoms with Crippen molar-refractivity contribution in [3.05, 3.63) is 32.3 Å². The number of hydrogen-bond donors (Lipinski definition) is 1. The van der Waals surface area contributed by atoms with Crippen LogP contribution in [0.4, 0.5) is 20.2 Å². The summed E-state index contributed by atoms with van der Waals surface area (Å²) in [5.74, 6) is 0. The van der Waals surface area contributed by atoms with Crippen molar-refractivity contribution in [2.75, 3.05) is 25.1 Å². The molecule has 5 nitrogen and oxygen atoms in total. The van der Waals surface area contributed by atoms with E-state index in [-0.39, 0.29) is 12.3 Å². The Morgan fingerprint density at radius 2 is 2.21 bits per heavy atom. The lowest BCUT2D eigenvalue weighted by Crippen LogP contribution is -2.13. The number of alkyl halides is 2. The molecule has 1 aromatic rings. The number of nitro groups is 1. The number of nitro benzene ring substituents is 1. The second kappa shape index (κ2) is 7.34. The molecule has 19 heavy (non-hydrogen) atoms. The maximum absolute atomic E-state index is 11.8. The molecule has 0 amide bonds. The van der Waals surface area contributed by atoms with Crippen LogP contribution in [0.25, 0.3) is 0 Å². The third-order valence-corrected chi connectivity index (χ3v) is 2.94. The third-order valence-electron chi connectivity index (χ3n) is 2.29. The minimum Gasteiger partial charge on any atom is -0.382 e. The quantitative estimate of drug-likeness (QED) is 0.470. The van der Waals surface area contributed by atoms with Crippen molar-refractivity contribution in [3.63, 3.8) is 0 Å². The summed E-state index contributed by atoms with van der Waals surface area (Å²) in [5.41, 5.74) is 1.19. The SMILES string of the molecule is Cc1cc(NCCOCC(F)F)c(Br)cc1[N+](=O)[O-]. The van der Waals surface area contributed by atoms with Gasteiger partial charge in [-0.1, -0.05) is 0 Å². The lowest BCUT2D eigenvalue weighted by Gasteiger charge is -2.10. The van der Waals surface area contributed by atoms with Gasteiger partial charge in [-0.25, -0.2) is 8.78 Å². The first kappa shape index (κ1) is 15.8. The Kier molecular flexibility index (Phi) is 6.10. The van der Waals surface area contributed by atoms with E-state index in [2.05, 4.69) is 21.2 Å². The fourth-order valence-corrected chi connectivity index (χ4v) is 1.90. The molecular weight excluding hydrogens is 326 g/mol. The summed E-state index contributed by atoms with van der Waals surface area (Å²) in [5, 5.41) is 13.7. The molecule has 0 radical (unpaired) electrons. The zero-order valence-electron chi connectivity index (χ0n) is 10.2. The van der Waals surface area contributed by atoms with E-state index >= 15 is 0 Å². The van der Waals surface area contributed by atoms with E-state index in [0.29, 0.717) is 22.3 Å². The first-order chi connectivity index (χ1) is 8.91. The van der Waals surface area contributed by atoms with Crippen LogP contribution in [0.5, 0.6) is 0 Å². The van der Waals surface area contributed by atoms with Crippen molar-refractivity contribution < 1.29 is 18.4 Å². The standard InChI is InChI=1S/C11H13BrF2N2O3/c1-7-4-9(8(12)5-10(7)16(17)18)15-2-3-19-6-11(13)14/h4-5,11,15H,2-3,6H2,1H3. The second-order valence-corrected chi connectivity index (χ2v) is 4.62. The van der Waals surface area contributed by atoms with Gasteiger partial charge in [-0.05, 0) is 28.9 Å².